The topological polar surface area (TPSA) is 123 Å². The molecule has 1 aliphatic carbocycles. The molecular formula is C28H29FN4O5S. The van der Waals surface area contributed by atoms with E-state index in [2.05, 4.69) is 15.3 Å². The first-order chi connectivity index (χ1) is 18.4. The lowest BCUT2D eigenvalue weighted by atomic mass is 10.0. The number of ether oxygens (including phenoxy) is 1. The molecule has 2 heterocycles. The Morgan fingerprint density at radius 1 is 1.15 bits per heavy atom. The molecule has 0 saturated heterocycles. The van der Waals surface area contributed by atoms with E-state index in [9.17, 15) is 18.3 Å². The lowest BCUT2D eigenvalue weighted by molar-refractivity contribution is 0.0479. The van der Waals surface area contributed by atoms with Gasteiger partial charge in [0.2, 0.25) is 0 Å². The SMILES string of the molecule is C[C@@H](O)c1cnc(-c2cc3c4c(ccc3n2S(=O)(=O)c2ccccc2)[C@H](NC(=O)OC(C)(C)C)[C@H](F)C4)cn1. The molecule has 2 aromatic heterocycles. The maximum Gasteiger partial charge on any atom is 0.408 e. The number of amides is 1. The highest BCUT2D eigenvalue weighted by Gasteiger charge is 2.37. The Bertz CT molecular complexity index is 1650. The second-order valence-corrected chi connectivity index (χ2v) is 12.3. The van der Waals surface area contributed by atoms with Crippen LogP contribution in [0.2, 0.25) is 0 Å². The van der Waals surface area contributed by atoms with Gasteiger partial charge >= 0.3 is 6.09 Å². The summed E-state index contributed by atoms with van der Waals surface area (Å²) in [4.78, 5) is 21.1. The number of alkyl carbamates (subject to hydrolysis) is 1. The Morgan fingerprint density at radius 3 is 2.49 bits per heavy atom. The van der Waals surface area contributed by atoms with E-state index in [1.54, 1.807) is 64.1 Å². The summed E-state index contributed by atoms with van der Waals surface area (Å²) in [6.45, 7) is 6.72. The van der Waals surface area contributed by atoms with Gasteiger partial charge in [0.05, 0.1) is 46.3 Å². The summed E-state index contributed by atoms with van der Waals surface area (Å²) < 4.78 is 49.6. The number of fused-ring (bicyclic) bond motifs is 3. The summed E-state index contributed by atoms with van der Waals surface area (Å²) in [5.41, 5.74) is 1.59. The Labute approximate surface area is 225 Å². The average Bonchev–Trinajstić information content (AvgIpc) is 3.42. The van der Waals surface area contributed by atoms with Crippen molar-refractivity contribution in [3.63, 3.8) is 0 Å². The Balaban J connectivity index is 1.68. The molecule has 2 N–H and O–H groups in total. The molecule has 39 heavy (non-hydrogen) atoms. The number of halogens is 1. The Kier molecular flexibility index (Phi) is 6.68. The highest BCUT2D eigenvalue weighted by atomic mass is 32.2. The molecule has 11 heteroatoms. The van der Waals surface area contributed by atoms with Crippen molar-refractivity contribution in [2.75, 3.05) is 0 Å². The Hall–Kier alpha value is -3.83. The fourth-order valence-corrected chi connectivity index (χ4v) is 6.32. The van der Waals surface area contributed by atoms with Crippen LogP contribution in [0.4, 0.5) is 9.18 Å². The quantitative estimate of drug-likeness (QED) is 0.363. The van der Waals surface area contributed by atoms with Crippen LogP contribution in [-0.2, 0) is 21.2 Å². The van der Waals surface area contributed by atoms with Crippen LogP contribution in [0.3, 0.4) is 0 Å². The minimum absolute atomic E-state index is 0.0192. The van der Waals surface area contributed by atoms with Gasteiger partial charge in [0, 0.05) is 11.8 Å². The largest absolute Gasteiger partial charge is 0.444 e. The van der Waals surface area contributed by atoms with Crippen LogP contribution in [0.1, 0.15) is 56.7 Å². The van der Waals surface area contributed by atoms with E-state index in [1.165, 1.54) is 28.5 Å². The summed E-state index contributed by atoms with van der Waals surface area (Å²) in [6, 6.07) is 11.9. The number of aliphatic hydroxyl groups excluding tert-OH is 1. The highest BCUT2D eigenvalue weighted by Crippen LogP contribution is 2.41. The zero-order chi connectivity index (χ0) is 28.1. The molecule has 0 aliphatic heterocycles. The molecule has 9 nitrogen and oxygen atoms in total. The van der Waals surface area contributed by atoms with Crippen LogP contribution in [-0.4, -0.2) is 45.3 Å². The number of hydrogen-bond acceptors (Lipinski definition) is 7. The first kappa shape index (κ1) is 26.8. The number of carbonyl (C=O) groups excluding carboxylic acids is 1. The first-order valence-corrected chi connectivity index (χ1v) is 13.9. The van der Waals surface area contributed by atoms with Gasteiger partial charge in [-0.1, -0.05) is 24.3 Å². The molecule has 3 atom stereocenters. The molecule has 4 aromatic rings. The minimum atomic E-state index is -4.10. The van der Waals surface area contributed by atoms with E-state index in [-0.39, 0.29) is 22.7 Å². The molecule has 0 unspecified atom stereocenters. The van der Waals surface area contributed by atoms with Crippen molar-refractivity contribution in [2.45, 2.75) is 62.9 Å². The third-order valence-electron chi connectivity index (χ3n) is 6.50. The van der Waals surface area contributed by atoms with Crippen molar-refractivity contribution in [2.24, 2.45) is 0 Å². The number of aliphatic hydroxyl groups is 1. The summed E-state index contributed by atoms with van der Waals surface area (Å²) in [6.07, 6.45) is -0.237. The number of hydrogen-bond donors (Lipinski definition) is 2. The molecule has 2 aromatic carbocycles. The summed E-state index contributed by atoms with van der Waals surface area (Å²) in [7, 11) is -4.10. The number of carbonyl (C=O) groups is 1. The second-order valence-electron chi connectivity index (χ2n) is 10.5. The van der Waals surface area contributed by atoms with Crippen molar-refractivity contribution < 1.29 is 27.4 Å². The van der Waals surface area contributed by atoms with E-state index < -0.39 is 40.0 Å². The number of nitrogens with one attached hydrogen (secondary N) is 1. The van der Waals surface area contributed by atoms with E-state index >= 15 is 4.39 Å². The molecule has 5 rings (SSSR count). The molecule has 204 valence electrons. The normalized spacial score (nSPS) is 18.1. The van der Waals surface area contributed by atoms with Crippen molar-refractivity contribution in [3.05, 3.63) is 77.7 Å². The predicted octanol–water partition coefficient (Wildman–Crippen LogP) is 4.85. The van der Waals surface area contributed by atoms with Crippen LogP contribution >= 0.6 is 0 Å². The van der Waals surface area contributed by atoms with Gasteiger partial charge in [0.25, 0.3) is 10.0 Å². The van der Waals surface area contributed by atoms with E-state index in [0.717, 1.165) is 0 Å². The van der Waals surface area contributed by atoms with E-state index in [1.807, 2.05) is 0 Å². The van der Waals surface area contributed by atoms with E-state index in [4.69, 9.17) is 4.74 Å². The Morgan fingerprint density at radius 2 is 1.87 bits per heavy atom. The molecule has 1 amide bonds. The first-order valence-electron chi connectivity index (χ1n) is 12.5. The molecule has 0 radical (unpaired) electrons. The van der Waals surface area contributed by atoms with Gasteiger partial charge in [-0.25, -0.2) is 21.6 Å². The van der Waals surface area contributed by atoms with Gasteiger partial charge in [-0.3, -0.25) is 9.97 Å². The van der Waals surface area contributed by atoms with E-state index in [0.29, 0.717) is 27.7 Å². The monoisotopic (exact) mass is 552 g/mol. The van der Waals surface area contributed by atoms with Gasteiger partial charge < -0.3 is 15.2 Å². The van der Waals surface area contributed by atoms with Crippen LogP contribution in [0.5, 0.6) is 0 Å². The molecule has 0 saturated carbocycles. The number of nitrogens with zero attached hydrogens (tertiary/aromatic N) is 3. The number of aromatic nitrogens is 3. The predicted molar refractivity (Wildman–Crippen MR) is 143 cm³/mol. The van der Waals surface area contributed by atoms with Crippen LogP contribution in [0, 0.1) is 0 Å². The minimum Gasteiger partial charge on any atom is -0.444 e. The molecule has 1 aliphatic rings. The fraction of sp³-hybridized carbons (Fsp3) is 0.321. The van der Waals surface area contributed by atoms with Crippen LogP contribution in [0.15, 0.2) is 65.8 Å². The number of alkyl halides is 1. The van der Waals surface area contributed by atoms with Crippen LogP contribution < -0.4 is 5.32 Å². The van der Waals surface area contributed by atoms with Crippen molar-refractivity contribution >= 4 is 27.0 Å². The molecule has 0 bridgehead atoms. The third kappa shape index (κ3) is 4.99. The highest BCUT2D eigenvalue weighted by molar-refractivity contribution is 7.90. The maximum atomic E-state index is 15.3. The second kappa shape index (κ2) is 9.73. The molecular weight excluding hydrogens is 523 g/mol. The zero-order valence-electron chi connectivity index (χ0n) is 21.9. The average molecular weight is 553 g/mol. The van der Waals surface area contributed by atoms with Gasteiger partial charge in [0.15, 0.2) is 0 Å². The molecule has 0 fully saturated rings. The van der Waals surface area contributed by atoms with Gasteiger partial charge in [-0.2, -0.15) is 0 Å². The number of benzene rings is 2. The lowest BCUT2D eigenvalue weighted by Gasteiger charge is -2.23. The third-order valence-corrected chi connectivity index (χ3v) is 8.24. The standard InChI is InChI=1S/C28H29FN4O5S/c1-16(34)22-14-31-23(15-30-22)25-13-20-19-12-21(29)26(32-27(35)38-28(2,3)4)18(19)10-11-24(20)33(25)39(36,37)17-8-6-5-7-9-17/h5-11,13-16,21,26,34H,12H2,1-4H3,(H,32,35)/t16-,21-,26+/m1/s1. The molecule has 0 spiro atoms. The van der Waals surface area contributed by atoms with Gasteiger partial charge in [-0.15, -0.1) is 0 Å². The van der Waals surface area contributed by atoms with Crippen molar-refractivity contribution in [3.8, 4) is 11.4 Å². The summed E-state index contributed by atoms with van der Waals surface area (Å²) in [5.74, 6) is 0. The smallest absolute Gasteiger partial charge is 0.408 e. The summed E-state index contributed by atoms with van der Waals surface area (Å²) >= 11 is 0. The lowest BCUT2D eigenvalue weighted by Crippen LogP contribution is -2.37. The van der Waals surface area contributed by atoms with Crippen LogP contribution in [0.25, 0.3) is 22.3 Å². The zero-order valence-corrected chi connectivity index (χ0v) is 22.7. The van der Waals surface area contributed by atoms with Crippen molar-refractivity contribution in [1.82, 2.24) is 19.3 Å². The van der Waals surface area contributed by atoms with Crippen molar-refractivity contribution in [1.29, 1.82) is 0 Å². The van der Waals surface area contributed by atoms with Gasteiger partial charge in [-0.05, 0) is 63.1 Å². The number of rotatable bonds is 5. The maximum absolute atomic E-state index is 15.3. The summed E-state index contributed by atoms with van der Waals surface area (Å²) in [5, 5.41) is 13.0. The fourth-order valence-electron chi connectivity index (χ4n) is 4.78. The van der Waals surface area contributed by atoms with Gasteiger partial charge in [0.1, 0.15) is 17.5 Å².